The van der Waals surface area contributed by atoms with Crippen molar-refractivity contribution >= 4 is 29.0 Å². The van der Waals surface area contributed by atoms with Gasteiger partial charge >= 0.3 is 12.4 Å². The molecule has 0 unspecified atom stereocenters. The molecule has 0 aliphatic rings. The molecule has 0 saturated carbocycles. The second-order valence-electron chi connectivity index (χ2n) is 9.79. The number of amides is 2. The van der Waals surface area contributed by atoms with Crippen LogP contribution in [0.4, 0.5) is 23.7 Å². The van der Waals surface area contributed by atoms with E-state index in [9.17, 15) is 18.0 Å². The van der Waals surface area contributed by atoms with Crippen LogP contribution < -0.4 is 20.7 Å². The first-order valence-corrected chi connectivity index (χ1v) is 13.8. The molecule has 4 aromatic rings. The lowest BCUT2D eigenvalue weighted by Crippen LogP contribution is -2.42. The van der Waals surface area contributed by atoms with Gasteiger partial charge in [0.1, 0.15) is 12.1 Å². The molecule has 2 amide bonds. The van der Waals surface area contributed by atoms with Crippen LogP contribution in [0, 0.1) is 0 Å². The summed E-state index contributed by atoms with van der Waals surface area (Å²) in [6, 6.07) is 20.7. The topological polar surface area (TPSA) is 93.1 Å². The Kier molecular flexibility index (Phi) is 10.1. The summed E-state index contributed by atoms with van der Waals surface area (Å²) in [6.45, 7) is 4.68. The number of halogens is 3. The Balaban J connectivity index is 1.21. The molecule has 4 rings (SSSR count). The van der Waals surface area contributed by atoms with Gasteiger partial charge in [-0.3, -0.25) is 5.32 Å². The van der Waals surface area contributed by atoms with Crippen molar-refractivity contribution in [3.8, 4) is 22.8 Å². The first kappa shape index (κ1) is 30.5. The number of nitrogens with zero attached hydrogens (tertiary/aromatic N) is 3. The Labute approximate surface area is 247 Å². The number of hydrogen-bond acceptors (Lipinski definition) is 5. The lowest BCUT2D eigenvalue weighted by Gasteiger charge is -2.15. The number of ether oxygens (including phenoxy) is 1. The molecule has 42 heavy (non-hydrogen) atoms. The van der Waals surface area contributed by atoms with Crippen LogP contribution in [-0.2, 0) is 6.42 Å². The highest BCUT2D eigenvalue weighted by Gasteiger charge is 2.31. The number of rotatable bonds is 10. The number of unbranched alkanes of at least 4 members (excludes halogenated alkanes) is 1. The van der Waals surface area contributed by atoms with Crippen LogP contribution in [-0.4, -0.2) is 38.8 Å². The number of hydrogen-bond donors (Lipinski definition) is 3. The highest BCUT2D eigenvalue weighted by atomic mass is 32.1. The zero-order valence-electron chi connectivity index (χ0n) is 23.1. The van der Waals surface area contributed by atoms with Crippen LogP contribution in [0.5, 0.6) is 5.75 Å². The number of anilines is 1. The van der Waals surface area contributed by atoms with Gasteiger partial charge in [0.15, 0.2) is 10.9 Å². The summed E-state index contributed by atoms with van der Waals surface area (Å²) < 4.78 is 42.6. The van der Waals surface area contributed by atoms with Crippen molar-refractivity contribution in [2.45, 2.75) is 45.4 Å². The smallest absolute Gasteiger partial charge is 0.406 e. The van der Waals surface area contributed by atoms with E-state index in [2.05, 4.69) is 44.6 Å². The van der Waals surface area contributed by atoms with Crippen molar-refractivity contribution in [1.29, 1.82) is 0 Å². The minimum atomic E-state index is -4.75. The van der Waals surface area contributed by atoms with Crippen molar-refractivity contribution < 1.29 is 22.7 Å². The SMILES string of the molecule is CC(C)c1ccccc1NC(=S)NC(=O)NCCCCc1cccc(-c2ncn(-c3ccc(OC(F)(F)F)cc3)n2)c1. The number of carbonyl (C=O) groups is 1. The molecule has 8 nitrogen and oxygen atoms in total. The molecule has 3 N–H and O–H groups in total. The third kappa shape index (κ3) is 9.03. The van der Waals surface area contributed by atoms with E-state index in [1.807, 2.05) is 48.5 Å². The standard InChI is InChI=1S/C30H31F3N6O2S/c1-20(2)25-11-3-4-12-26(25)36-29(42)37-28(40)34-17-6-5-8-21-9-7-10-22(18-21)27-35-19-39(38-27)23-13-15-24(16-14-23)41-30(31,32)33/h3-4,7,9-16,18-20H,5-6,8,17H2,1-2H3,(H3,34,36,37,40,42). The number of thiocarbonyl (C=S) groups is 1. The average molecular weight is 597 g/mol. The summed E-state index contributed by atoms with van der Waals surface area (Å²) in [5.74, 6) is 0.501. The van der Waals surface area contributed by atoms with E-state index in [4.69, 9.17) is 12.2 Å². The van der Waals surface area contributed by atoms with E-state index < -0.39 is 6.36 Å². The van der Waals surface area contributed by atoms with Gasteiger partial charge in [0.2, 0.25) is 0 Å². The molecule has 0 bridgehead atoms. The number of para-hydroxylation sites is 1. The molecule has 0 spiro atoms. The summed E-state index contributed by atoms with van der Waals surface area (Å²) >= 11 is 5.29. The minimum absolute atomic E-state index is 0.237. The van der Waals surface area contributed by atoms with Crippen LogP contribution in [0.1, 0.15) is 43.7 Å². The van der Waals surface area contributed by atoms with Crippen molar-refractivity contribution in [3.63, 3.8) is 0 Å². The van der Waals surface area contributed by atoms with Crippen LogP contribution in [0.15, 0.2) is 79.1 Å². The molecule has 220 valence electrons. The molecule has 0 fully saturated rings. The number of carbonyl (C=O) groups excluding carboxylic acids is 1. The van der Waals surface area contributed by atoms with Gasteiger partial charge in [-0.2, -0.15) is 0 Å². The zero-order valence-corrected chi connectivity index (χ0v) is 23.9. The molecule has 0 aliphatic carbocycles. The molecule has 0 saturated heterocycles. The first-order chi connectivity index (χ1) is 20.1. The van der Waals surface area contributed by atoms with Crippen molar-refractivity contribution in [1.82, 2.24) is 25.4 Å². The molecule has 0 atom stereocenters. The molecule has 1 heterocycles. The van der Waals surface area contributed by atoms with E-state index in [0.717, 1.165) is 41.6 Å². The normalized spacial score (nSPS) is 11.3. The third-order valence-corrected chi connectivity index (χ3v) is 6.45. The van der Waals surface area contributed by atoms with Crippen LogP contribution in [0.25, 0.3) is 17.1 Å². The fraction of sp³-hybridized carbons (Fsp3) is 0.267. The Morgan fingerprint density at radius 2 is 1.79 bits per heavy atom. The molecule has 1 aromatic heterocycles. The highest BCUT2D eigenvalue weighted by molar-refractivity contribution is 7.80. The predicted octanol–water partition coefficient (Wildman–Crippen LogP) is 6.98. The molecule has 3 aromatic carbocycles. The molecule has 0 aliphatic heterocycles. The van der Waals surface area contributed by atoms with Crippen molar-refractivity contribution in [2.24, 2.45) is 0 Å². The van der Waals surface area contributed by atoms with E-state index >= 15 is 0 Å². The van der Waals surface area contributed by atoms with Gasteiger partial charge in [-0.05, 0) is 84.9 Å². The largest absolute Gasteiger partial charge is 0.573 e. The molecular formula is C30H31F3N6O2S. The quantitative estimate of drug-likeness (QED) is 0.135. The Bertz CT molecular complexity index is 1510. The fourth-order valence-electron chi connectivity index (χ4n) is 4.26. The third-order valence-electron chi connectivity index (χ3n) is 6.25. The van der Waals surface area contributed by atoms with Gasteiger partial charge in [0.05, 0.1) is 5.69 Å². The summed E-state index contributed by atoms with van der Waals surface area (Å²) in [5, 5.41) is 13.3. The van der Waals surface area contributed by atoms with E-state index in [1.54, 1.807) is 0 Å². The number of alkyl halides is 3. The summed E-state index contributed by atoms with van der Waals surface area (Å²) in [6.07, 6.45) is -0.824. The van der Waals surface area contributed by atoms with Gasteiger partial charge in [-0.15, -0.1) is 18.3 Å². The number of nitrogens with one attached hydrogen (secondary N) is 3. The molecular weight excluding hydrogens is 565 g/mol. The minimum Gasteiger partial charge on any atom is -0.406 e. The summed E-state index contributed by atoms with van der Waals surface area (Å²) in [5.41, 5.74) is 4.45. The lowest BCUT2D eigenvalue weighted by atomic mass is 10.0. The molecule has 0 radical (unpaired) electrons. The van der Waals surface area contributed by atoms with Gasteiger partial charge < -0.3 is 15.4 Å². The Hall–Kier alpha value is -4.45. The van der Waals surface area contributed by atoms with Gasteiger partial charge in [0, 0.05) is 17.8 Å². The maximum atomic E-state index is 12.4. The summed E-state index contributed by atoms with van der Waals surface area (Å²) in [4.78, 5) is 16.6. The van der Waals surface area contributed by atoms with E-state index in [1.165, 1.54) is 35.3 Å². The Morgan fingerprint density at radius 1 is 1.02 bits per heavy atom. The second-order valence-corrected chi connectivity index (χ2v) is 10.2. The average Bonchev–Trinajstić information content (AvgIpc) is 3.43. The fourth-order valence-corrected chi connectivity index (χ4v) is 4.46. The maximum absolute atomic E-state index is 12.4. The number of urea groups is 1. The van der Waals surface area contributed by atoms with Crippen molar-refractivity contribution in [2.75, 3.05) is 11.9 Å². The zero-order chi connectivity index (χ0) is 30.1. The number of benzene rings is 3. The number of aromatic nitrogens is 3. The Morgan fingerprint density at radius 3 is 2.52 bits per heavy atom. The van der Waals surface area contributed by atoms with Crippen LogP contribution >= 0.6 is 12.2 Å². The van der Waals surface area contributed by atoms with E-state index in [0.29, 0.717) is 24.0 Å². The van der Waals surface area contributed by atoms with Crippen molar-refractivity contribution in [3.05, 3.63) is 90.3 Å². The van der Waals surface area contributed by atoms with Gasteiger partial charge in [-0.25, -0.2) is 14.5 Å². The van der Waals surface area contributed by atoms with E-state index in [-0.39, 0.29) is 16.9 Å². The maximum Gasteiger partial charge on any atom is 0.573 e. The predicted molar refractivity (Wildman–Crippen MR) is 160 cm³/mol. The lowest BCUT2D eigenvalue weighted by molar-refractivity contribution is -0.274. The van der Waals surface area contributed by atoms with Crippen LogP contribution in [0.3, 0.4) is 0 Å². The van der Waals surface area contributed by atoms with Gasteiger partial charge in [-0.1, -0.05) is 50.2 Å². The number of aryl methyl sites for hydroxylation is 1. The monoisotopic (exact) mass is 596 g/mol. The van der Waals surface area contributed by atoms with Gasteiger partial charge in [0.25, 0.3) is 0 Å². The summed E-state index contributed by atoms with van der Waals surface area (Å²) in [7, 11) is 0. The highest BCUT2D eigenvalue weighted by Crippen LogP contribution is 2.25. The second kappa shape index (κ2) is 13.9. The molecule has 12 heteroatoms. The van der Waals surface area contributed by atoms with Crippen LogP contribution in [0.2, 0.25) is 0 Å². The first-order valence-electron chi connectivity index (χ1n) is 13.4.